The van der Waals surface area contributed by atoms with E-state index in [4.69, 9.17) is 5.10 Å². The molecule has 0 fully saturated rings. The summed E-state index contributed by atoms with van der Waals surface area (Å²) in [6.45, 7) is 0. The van der Waals surface area contributed by atoms with Crippen LogP contribution in [0.3, 0.4) is 0 Å². The normalized spacial score (nSPS) is 14.7. The van der Waals surface area contributed by atoms with Crippen LogP contribution in [0, 0.1) is 0 Å². The molecule has 1 aliphatic carbocycles. The first kappa shape index (κ1) is 16.0. The van der Waals surface area contributed by atoms with Gasteiger partial charge < -0.3 is 0 Å². The minimum atomic E-state index is 0.121. The van der Waals surface area contributed by atoms with Crippen molar-refractivity contribution in [1.29, 1.82) is 0 Å². The van der Waals surface area contributed by atoms with Crippen molar-refractivity contribution >= 4 is 23.2 Å². The van der Waals surface area contributed by atoms with Crippen molar-refractivity contribution in [3.63, 3.8) is 0 Å². The highest BCUT2D eigenvalue weighted by Crippen LogP contribution is 2.32. The molecule has 130 valence electrons. The van der Waals surface area contributed by atoms with Gasteiger partial charge in [0.1, 0.15) is 5.69 Å². The molecule has 4 aromatic rings. The lowest BCUT2D eigenvalue weighted by Gasteiger charge is -1.99. The lowest BCUT2D eigenvalue weighted by atomic mass is 10.1. The van der Waals surface area contributed by atoms with Gasteiger partial charge in [0.15, 0.2) is 5.78 Å². The van der Waals surface area contributed by atoms with E-state index in [1.54, 1.807) is 11.3 Å². The van der Waals surface area contributed by atoms with E-state index in [-0.39, 0.29) is 5.78 Å². The molecule has 0 amide bonds. The van der Waals surface area contributed by atoms with E-state index in [1.807, 2.05) is 83.0 Å². The monoisotopic (exact) mass is 368 g/mol. The van der Waals surface area contributed by atoms with Crippen LogP contribution in [0.2, 0.25) is 0 Å². The van der Waals surface area contributed by atoms with E-state index < -0.39 is 0 Å². The summed E-state index contributed by atoms with van der Waals surface area (Å²) >= 11 is 1.65. The number of thiophene rings is 1. The fraction of sp³-hybridized carbons (Fsp3) is 0.0435. The summed E-state index contributed by atoms with van der Waals surface area (Å²) in [6.07, 6.45) is 4.69. The molecule has 0 atom stereocenters. The molecule has 0 unspecified atom stereocenters. The maximum atomic E-state index is 12.8. The fourth-order valence-corrected chi connectivity index (χ4v) is 4.20. The number of allylic oxidation sites excluding steroid dienone is 1. The largest absolute Gasteiger partial charge is 0.289 e. The van der Waals surface area contributed by atoms with E-state index in [0.717, 1.165) is 38.5 Å². The van der Waals surface area contributed by atoms with Crippen LogP contribution in [-0.4, -0.2) is 15.6 Å². The Morgan fingerprint density at radius 1 is 0.963 bits per heavy atom. The molecule has 0 saturated carbocycles. The third-order valence-electron chi connectivity index (χ3n) is 4.78. The standard InChI is InChI=1S/C23H16N2OS/c26-23-17(13-16-7-4-5-10-20(16)23)14-18-15-25(19-8-2-1-3-9-19)24-22(18)21-11-6-12-27-21/h1-12,14-15H,13H2/b17-14-. The third-order valence-corrected chi connectivity index (χ3v) is 5.66. The van der Waals surface area contributed by atoms with E-state index in [9.17, 15) is 4.79 Å². The van der Waals surface area contributed by atoms with Gasteiger partial charge in [-0.1, -0.05) is 48.5 Å². The van der Waals surface area contributed by atoms with Gasteiger partial charge in [-0.25, -0.2) is 4.68 Å². The number of nitrogens with zero attached hydrogens (tertiary/aromatic N) is 2. The SMILES string of the molecule is O=C1/C(=C\c2cn(-c3ccccc3)nc2-c2cccs2)Cc2ccccc21. The molecule has 1 aliphatic rings. The van der Waals surface area contributed by atoms with Crippen LogP contribution in [-0.2, 0) is 6.42 Å². The van der Waals surface area contributed by atoms with Gasteiger partial charge in [-0.3, -0.25) is 4.79 Å². The quantitative estimate of drug-likeness (QED) is 0.452. The van der Waals surface area contributed by atoms with Gasteiger partial charge in [0.05, 0.1) is 10.6 Å². The first-order valence-corrected chi connectivity index (χ1v) is 9.70. The highest BCUT2D eigenvalue weighted by molar-refractivity contribution is 7.13. The Morgan fingerprint density at radius 3 is 2.56 bits per heavy atom. The van der Waals surface area contributed by atoms with Crippen LogP contribution in [0.5, 0.6) is 0 Å². The van der Waals surface area contributed by atoms with Crippen LogP contribution in [0.1, 0.15) is 21.5 Å². The number of aromatic nitrogens is 2. The molecule has 2 aromatic carbocycles. The first-order valence-electron chi connectivity index (χ1n) is 8.82. The van der Waals surface area contributed by atoms with Crippen molar-refractivity contribution in [3.05, 3.63) is 101 Å². The summed E-state index contributed by atoms with van der Waals surface area (Å²) in [5.74, 6) is 0.121. The molecule has 0 spiro atoms. The van der Waals surface area contributed by atoms with Crippen LogP contribution >= 0.6 is 11.3 Å². The smallest absolute Gasteiger partial charge is 0.189 e. The zero-order valence-electron chi connectivity index (χ0n) is 14.5. The van der Waals surface area contributed by atoms with E-state index in [0.29, 0.717) is 6.42 Å². The molecule has 2 aromatic heterocycles. The average molecular weight is 368 g/mol. The molecule has 2 heterocycles. The van der Waals surface area contributed by atoms with Gasteiger partial charge in [-0.2, -0.15) is 5.10 Å². The summed E-state index contributed by atoms with van der Waals surface area (Å²) in [5, 5.41) is 6.86. The highest BCUT2D eigenvalue weighted by Gasteiger charge is 2.25. The number of fused-ring (bicyclic) bond motifs is 1. The van der Waals surface area contributed by atoms with Crippen molar-refractivity contribution in [2.45, 2.75) is 6.42 Å². The maximum absolute atomic E-state index is 12.8. The number of carbonyl (C=O) groups excluding carboxylic acids is 1. The van der Waals surface area contributed by atoms with E-state index in [2.05, 4.69) is 6.07 Å². The molecule has 5 rings (SSSR count). The second-order valence-corrected chi connectivity index (χ2v) is 7.47. The van der Waals surface area contributed by atoms with Crippen molar-refractivity contribution < 1.29 is 4.79 Å². The van der Waals surface area contributed by atoms with Crippen LogP contribution in [0.4, 0.5) is 0 Å². The molecule has 0 aliphatic heterocycles. The second-order valence-electron chi connectivity index (χ2n) is 6.52. The number of ketones is 1. The minimum absolute atomic E-state index is 0.121. The number of hydrogen-bond acceptors (Lipinski definition) is 3. The summed E-state index contributed by atoms with van der Waals surface area (Å²) < 4.78 is 1.88. The Balaban J connectivity index is 1.62. The van der Waals surface area contributed by atoms with Crippen molar-refractivity contribution in [3.8, 4) is 16.3 Å². The Kier molecular flexibility index (Phi) is 3.84. The molecule has 0 bridgehead atoms. The zero-order valence-corrected chi connectivity index (χ0v) is 15.3. The summed E-state index contributed by atoms with van der Waals surface area (Å²) in [4.78, 5) is 13.9. The average Bonchev–Trinajstić information content (AvgIpc) is 3.43. The minimum Gasteiger partial charge on any atom is -0.289 e. The number of para-hydroxylation sites is 1. The van der Waals surface area contributed by atoms with Gasteiger partial charge in [-0.15, -0.1) is 11.3 Å². The Labute approximate surface area is 161 Å². The molecule has 0 saturated heterocycles. The Bertz CT molecular complexity index is 1150. The molecule has 3 nitrogen and oxygen atoms in total. The van der Waals surface area contributed by atoms with Gasteiger partial charge in [0, 0.05) is 29.3 Å². The van der Waals surface area contributed by atoms with Gasteiger partial charge in [0.25, 0.3) is 0 Å². The van der Waals surface area contributed by atoms with Gasteiger partial charge in [-0.05, 0) is 35.2 Å². The predicted octanol–water partition coefficient (Wildman–Crippen LogP) is 5.42. The Hall–Kier alpha value is -3.24. The fourth-order valence-electron chi connectivity index (χ4n) is 3.47. The van der Waals surface area contributed by atoms with Crippen LogP contribution in [0.25, 0.3) is 22.3 Å². The highest BCUT2D eigenvalue weighted by atomic mass is 32.1. The van der Waals surface area contributed by atoms with Crippen LogP contribution < -0.4 is 0 Å². The summed E-state index contributed by atoms with van der Waals surface area (Å²) in [6, 6.07) is 22.0. The molecule has 0 N–H and O–H groups in total. The zero-order chi connectivity index (χ0) is 18.2. The predicted molar refractivity (Wildman–Crippen MR) is 109 cm³/mol. The lowest BCUT2D eigenvalue weighted by Crippen LogP contribution is -1.95. The number of benzene rings is 2. The number of Topliss-reactive ketones (excluding diaryl/α,β-unsaturated/α-hetero) is 1. The molecular formula is C23H16N2OS. The number of hydrogen-bond donors (Lipinski definition) is 0. The number of carbonyl (C=O) groups is 1. The van der Waals surface area contributed by atoms with Crippen molar-refractivity contribution in [2.24, 2.45) is 0 Å². The molecule has 27 heavy (non-hydrogen) atoms. The molecule has 0 radical (unpaired) electrons. The number of rotatable bonds is 3. The topological polar surface area (TPSA) is 34.9 Å². The van der Waals surface area contributed by atoms with Crippen molar-refractivity contribution in [2.75, 3.05) is 0 Å². The summed E-state index contributed by atoms with van der Waals surface area (Å²) in [7, 11) is 0. The van der Waals surface area contributed by atoms with Crippen molar-refractivity contribution in [1.82, 2.24) is 9.78 Å². The van der Waals surface area contributed by atoms with E-state index in [1.165, 1.54) is 0 Å². The van der Waals surface area contributed by atoms with Gasteiger partial charge >= 0.3 is 0 Å². The molecular weight excluding hydrogens is 352 g/mol. The van der Waals surface area contributed by atoms with E-state index >= 15 is 0 Å². The third kappa shape index (κ3) is 2.84. The van der Waals surface area contributed by atoms with Gasteiger partial charge in [0.2, 0.25) is 0 Å². The maximum Gasteiger partial charge on any atom is 0.189 e. The van der Waals surface area contributed by atoms with Crippen LogP contribution in [0.15, 0.2) is 83.9 Å². The first-order chi connectivity index (χ1) is 13.3. The Morgan fingerprint density at radius 2 is 1.78 bits per heavy atom. The lowest BCUT2D eigenvalue weighted by molar-refractivity contribution is 0.104. The summed E-state index contributed by atoms with van der Waals surface area (Å²) in [5.41, 5.74) is 5.61. The second kappa shape index (κ2) is 6.49. The molecule has 4 heteroatoms.